The van der Waals surface area contributed by atoms with E-state index in [0.717, 1.165) is 36.9 Å². The summed E-state index contributed by atoms with van der Waals surface area (Å²) in [5.74, 6) is 0.124. The van der Waals surface area contributed by atoms with Gasteiger partial charge >= 0.3 is 0 Å². The zero-order valence-electron chi connectivity index (χ0n) is 14.3. The molecule has 1 aromatic carbocycles. The number of carbonyl (C=O) groups is 1. The summed E-state index contributed by atoms with van der Waals surface area (Å²) in [6.45, 7) is 0. The molecule has 0 spiro atoms. The van der Waals surface area contributed by atoms with Gasteiger partial charge in [0.15, 0.2) is 0 Å². The Morgan fingerprint density at radius 3 is 2.38 bits per heavy atom. The van der Waals surface area contributed by atoms with Gasteiger partial charge in [0.1, 0.15) is 0 Å². The van der Waals surface area contributed by atoms with E-state index in [4.69, 9.17) is 0 Å². The van der Waals surface area contributed by atoms with Crippen LogP contribution in [-0.4, -0.2) is 47.7 Å². The maximum absolute atomic E-state index is 13.2. The summed E-state index contributed by atoms with van der Waals surface area (Å²) in [5, 5.41) is 12.8. The fraction of sp³-hybridized carbons (Fsp3) is 0.368. The minimum atomic E-state index is 0.124. The van der Waals surface area contributed by atoms with Crippen molar-refractivity contribution in [2.45, 2.75) is 43.8 Å². The van der Waals surface area contributed by atoms with Crippen molar-refractivity contribution in [1.29, 1.82) is 0 Å². The molecule has 0 radical (unpaired) electrons. The third-order valence-corrected chi connectivity index (χ3v) is 5.57. The molecule has 2 bridgehead atoms. The molecule has 2 atom stereocenters. The molecule has 4 heterocycles. The van der Waals surface area contributed by atoms with Crippen LogP contribution in [0.5, 0.6) is 0 Å². The predicted octanol–water partition coefficient (Wildman–Crippen LogP) is 2.47. The number of fused-ring (bicyclic) bond motifs is 2. The molecule has 0 aliphatic carbocycles. The number of rotatable bonds is 3. The molecule has 2 saturated heterocycles. The van der Waals surface area contributed by atoms with E-state index in [1.807, 2.05) is 41.3 Å². The van der Waals surface area contributed by atoms with Crippen LogP contribution in [0.2, 0.25) is 0 Å². The van der Waals surface area contributed by atoms with E-state index in [2.05, 4.69) is 20.2 Å². The van der Waals surface area contributed by atoms with Crippen LogP contribution in [-0.2, 0) is 0 Å². The second kappa shape index (κ2) is 6.09. The Morgan fingerprint density at radius 1 is 0.923 bits per heavy atom. The molecule has 7 heteroatoms. The number of amides is 1. The third-order valence-electron chi connectivity index (χ3n) is 5.57. The first-order valence-electron chi connectivity index (χ1n) is 9.08. The number of hydrogen-bond donors (Lipinski definition) is 0. The second-order valence-corrected chi connectivity index (χ2v) is 7.07. The third kappa shape index (κ3) is 2.51. The van der Waals surface area contributed by atoms with Crippen molar-refractivity contribution in [3.05, 3.63) is 60.7 Å². The zero-order chi connectivity index (χ0) is 17.5. The topological polar surface area (TPSA) is 68.8 Å². The van der Waals surface area contributed by atoms with Gasteiger partial charge in [-0.3, -0.25) is 4.79 Å². The van der Waals surface area contributed by atoms with Gasteiger partial charge in [-0.2, -0.15) is 20.1 Å². The van der Waals surface area contributed by atoms with Crippen LogP contribution in [0.1, 0.15) is 42.1 Å². The Labute approximate surface area is 151 Å². The monoisotopic (exact) mass is 348 g/mol. The highest BCUT2D eigenvalue weighted by Crippen LogP contribution is 2.41. The largest absolute Gasteiger partial charge is 0.333 e. The molecule has 1 amide bonds. The van der Waals surface area contributed by atoms with Gasteiger partial charge in [0.2, 0.25) is 0 Å². The van der Waals surface area contributed by atoms with Crippen LogP contribution in [0.25, 0.3) is 5.69 Å². The highest BCUT2D eigenvalue weighted by atomic mass is 16.2. The summed E-state index contributed by atoms with van der Waals surface area (Å²) in [5.41, 5.74) is 1.63. The highest BCUT2D eigenvalue weighted by Gasteiger charge is 2.44. The van der Waals surface area contributed by atoms with Crippen molar-refractivity contribution < 1.29 is 4.79 Å². The summed E-state index contributed by atoms with van der Waals surface area (Å²) >= 11 is 0. The van der Waals surface area contributed by atoms with E-state index in [0.29, 0.717) is 6.04 Å². The van der Waals surface area contributed by atoms with E-state index in [-0.39, 0.29) is 18.0 Å². The minimum absolute atomic E-state index is 0.124. The van der Waals surface area contributed by atoms with E-state index < -0.39 is 0 Å². The normalized spacial score (nSPS) is 24.8. The van der Waals surface area contributed by atoms with E-state index in [9.17, 15) is 4.79 Å². The van der Waals surface area contributed by atoms with Crippen LogP contribution in [0.3, 0.4) is 0 Å². The van der Waals surface area contributed by atoms with Crippen LogP contribution in [0.15, 0.2) is 55.1 Å². The smallest absolute Gasteiger partial charge is 0.254 e. The molecule has 2 unspecified atom stereocenters. The molecule has 26 heavy (non-hydrogen) atoms. The Balaban J connectivity index is 1.39. The molecule has 0 N–H and O–H groups in total. The number of carbonyl (C=O) groups excluding carboxylic acids is 1. The first kappa shape index (κ1) is 15.3. The standard InChI is InChI=1S/C19H20N6O/c26-19(14-3-1-4-15(11-14)23-10-2-7-20-23)24-16-5-6-17(24)13-18(12-16)25-21-8-9-22-25/h1-4,7-11,16-18H,5-6,12-13H2. The molecule has 2 aliphatic heterocycles. The molecule has 3 aromatic rings. The fourth-order valence-electron chi connectivity index (χ4n) is 4.44. The van der Waals surface area contributed by atoms with Crippen molar-refractivity contribution in [2.24, 2.45) is 0 Å². The molecule has 2 aliphatic rings. The molecular weight excluding hydrogens is 328 g/mol. The number of nitrogens with zero attached hydrogens (tertiary/aromatic N) is 6. The Bertz CT molecular complexity index is 890. The van der Waals surface area contributed by atoms with Gasteiger partial charge in [-0.25, -0.2) is 4.68 Å². The molecule has 2 fully saturated rings. The van der Waals surface area contributed by atoms with Gasteiger partial charge in [0.05, 0.1) is 24.1 Å². The quantitative estimate of drug-likeness (QED) is 0.729. The van der Waals surface area contributed by atoms with Crippen molar-refractivity contribution in [2.75, 3.05) is 0 Å². The van der Waals surface area contributed by atoms with Gasteiger partial charge in [-0.1, -0.05) is 6.07 Å². The Hall–Kier alpha value is -2.96. The number of benzene rings is 1. The number of hydrogen-bond acceptors (Lipinski definition) is 4. The van der Waals surface area contributed by atoms with Crippen LogP contribution in [0, 0.1) is 0 Å². The lowest BCUT2D eigenvalue weighted by Crippen LogP contribution is -2.47. The van der Waals surface area contributed by atoms with Crippen molar-refractivity contribution in [3.63, 3.8) is 0 Å². The predicted molar refractivity (Wildman–Crippen MR) is 94.8 cm³/mol. The summed E-state index contributed by atoms with van der Waals surface area (Å²) < 4.78 is 1.78. The van der Waals surface area contributed by atoms with E-state index in [1.165, 1.54) is 0 Å². The Kier molecular flexibility index (Phi) is 3.58. The summed E-state index contributed by atoms with van der Waals surface area (Å²) in [6, 6.07) is 10.4. The average molecular weight is 348 g/mol. The van der Waals surface area contributed by atoms with Crippen LogP contribution in [0.4, 0.5) is 0 Å². The number of aromatic nitrogens is 5. The first-order chi connectivity index (χ1) is 12.8. The number of piperidine rings is 1. The maximum Gasteiger partial charge on any atom is 0.254 e. The van der Waals surface area contributed by atoms with Crippen molar-refractivity contribution in [3.8, 4) is 5.69 Å². The van der Waals surface area contributed by atoms with Gasteiger partial charge in [-0.15, -0.1) is 0 Å². The van der Waals surface area contributed by atoms with Gasteiger partial charge < -0.3 is 4.90 Å². The zero-order valence-corrected chi connectivity index (χ0v) is 14.3. The molecule has 0 saturated carbocycles. The molecular formula is C19H20N6O. The molecule has 132 valence electrons. The fourth-order valence-corrected chi connectivity index (χ4v) is 4.44. The van der Waals surface area contributed by atoms with Crippen LogP contribution >= 0.6 is 0 Å². The lowest BCUT2D eigenvalue weighted by Gasteiger charge is -2.38. The first-order valence-corrected chi connectivity index (χ1v) is 9.08. The average Bonchev–Trinajstić information content (AvgIpc) is 3.42. The van der Waals surface area contributed by atoms with Crippen molar-refractivity contribution in [1.82, 2.24) is 29.7 Å². The van der Waals surface area contributed by atoms with Crippen molar-refractivity contribution >= 4 is 5.91 Å². The van der Waals surface area contributed by atoms with E-state index >= 15 is 0 Å². The summed E-state index contributed by atoms with van der Waals surface area (Å²) in [6.07, 6.45) is 11.0. The lowest BCUT2D eigenvalue weighted by molar-refractivity contribution is 0.0512. The SMILES string of the molecule is O=C(c1cccc(-n2cccn2)c1)N1C2CCC1CC(n1nccn1)C2. The molecule has 2 aromatic heterocycles. The van der Waals surface area contributed by atoms with Gasteiger partial charge in [0.25, 0.3) is 5.91 Å². The highest BCUT2D eigenvalue weighted by molar-refractivity contribution is 5.95. The molecule has 7 nitrogen and oxygen atoms in total. The molecule has 5 rings (SSSR count). The van der Waals surface area contributed by atoms with Crippen LogP contribution < -0.4 is 0 Å². The lowest BCUT2D eigenvalue weighted by atomic mass is 9.96. The minimum Gasteiger partial charge on any atom is -0.333 e. The summed E-state index contributed by atoms with van der Waals surface area (Å²) in [7, 11) is 0. The Morgan fingerprint density at radius 2 is 1.69 bits per heavy atom. The van der Waals surface area contributed by atoms with Gasteiger partial charge in [0, 0.05) is 30.0 Å². The second-order valence-electron chi connectivity index (χ2n) is 7.07. The van der Waals surface area contributed by atoms with Gasteiger partial charge in [-0.05, 0) is 49.9 Å². The van der Waals surface area contributed by atoms with E-state index in [1.54, 1.807) is 23.3 Å². The maximum atomic E-state index is 13.2. The summed E-state index contributed by atoms with van der Waals surface area (Å²) in [4.78, 5) is 17.1.